The lowest BCUT2D eigenvalue weighted by atomic mass is 10.2. The van der Waals surface area contributed by atoms with Crippen molar-refractivity contribution in [2.24, 2.45) is 0 Å². The van der Waals surface area contributed by atoms with Gasteiger partial charge in [-0.3, -0.25) is 0 Å². The van der Waals surface area contributed by atoms with E-state index in [-0.39, 0.29) is 0 Å². The van der Waals surface area contributed by atoms with E-state index in [0.29, 0.717) is 5.88 Å². The normalized spacial score (nSPS) is 8.86. The van der Waals surface area contributed by atoms with Crippen LogP contribution in [0.15, 0.2) is 54.3 Å². The van der Waals surface area contributed by atoms with Crippen molar-refractivity contribution in [1.29, 1.82) is 0 Å². The van der Waals surface area contributed by atoms with E-state index in [2.05, 4.69) is 14.3 Å². The summed E-state index contributed by atoms with van der Waals surface area (Å²) in [6.45, 7) is 4.00. The third-order valence-corrected chi connectivity index (χ3v) is 2.97. The van der Waals surface area contributed by atoms with Gasteiger partial charge in [-0.15, -0.1) is 0 Å². The van der Waals surface area contributed by atoms with Crippen molar-refractivity contribution in [2.75, 3.05) is 12.8 Å². The van der Waals surface area contributed by atoms with Crippen LogP contribution in [-0.2, 0) is 0 Å². The first-order valence-electron chi connectivity index (χ1n) is 6.86. The van der Waals surface area contributed by atoms with Gasteiger partial charge in [-0.05, 0) is 23.7 Å². The van der Waals surface area contributed by atoms with Gasteiger partial charge in [0.2, 0.25) is 5.88 Å². The summed E-state index contributed by atoms with van der Waals surface area (Å²) in [4.78, 5) is 8.02. The number of rotatable bonds is 2. The standard InChI is InChI=1S/C8H7N3OS.C6H7N.C2H6/c1-12-8-2-7(9-5-10-8)6-3-11-13-4-6;7-6-4-2-1-3-5-6;1-2/h2-5H,1H3;1-5H,7H2;1-2H3. The Morgan fingerprint density at radius 1 is 1.09 bits per heavy atom. The molecule has 1 aromatic carbocycles. The van der Waals surface area contributed by atoms with Crippen LogP contribution in [-0.4, -0.2) is 21.5 Å². The molecule has 0 spiro atoms. The number of nitrogens with zero attached hydrogens (tertiary/aromatic N) is 3. The van der Waals surface area contributed by atoms with E-state index in [1.165, 1.54) is 17.9 Å². The molecule has 0 aliphatic rings. The minimum absolute atomic E-state index is 0.566. The summed E-state index contributed by atoms with van der Waals surface area (Å²) >= 11 is 1.40. The second kappa shape index (κ2) is 10.3. The number of hydrogen-bond acceptors (Lipinski definition) is 6. The fraction of sp³-hybridized carbons (Fsp3) is 0.188. The summed E-state index contributed by atoms with van der Waals surface area (Å²) in [5, 5.41) is 1.93. The van der Waals surface area contributed by atoms with Crippen LogP contribution in [0.5, 0.6) is 5.88 Å². The van der Waals surface area contributed by atoms with Crippen molar-refractivity contribution in [3.63, 3.8) is 0 Å². The molecule has 2 heterocycles. The monoisotopic (exact) mass is 316 g/mol. The number of ether oxygens (including phenoxy) is 1. The van der Waals surface area contributed by atoms with Crippen molar-refractivity contribution in [3.05, 3.63) is 54.3 Å². The van der Waals surface area contributed by atoms with Crippen molar-refractivity contribution in [2.45, 2.75) is 13.8 Å². The lowest BCUT2D eigenvalue weighted by Gasteiger charge is -1.99. The van der Waals surface area contributed by atoms with Gasteiger partial charge < -0.3 is 10.5 Å². The number of para-hydroxylation sites is 1. The lowest BCUT2D eigenvalue weighted by Crippen LogP contribution is -1.89. The van der Waals surface area contributed by atoms with E-state index in [1.54, 1.807) is 19.4 Å². The largest absolute Gasteiger partial charge is 0.481 e. The number of nitrogens with two attached hydrogens (primary N) is 1. The Bertz CT molecular complexity index is 630. The van der Waals surface area contributed by atoms with Gasteiger partial charge in [0.15, 0.2) is 0 Å². The van der Waals surface area contributed by atoms with Crippen molar-refractivity contribution < 1.29 is 4.74 Å². The molecular formula is C16H20N4OS. The average Bonchev–Trinajstić information content (AvgIpc) is 3.13. The smallest absolute Gasteiger partial charge is 0.216 e. The van der Waals surface area contributed by atoms with Crippen molar-refractivity contribution in [1.82, 2.24) is 14.3 Å². The predicted octanol–water partition coefficient (Wildman–Crippen LogP) is 3.90. The molecule has 3 aromatic rings. The van der Waals surface area contributed by atoms with Crippen LogP contribution in [0, 0.1) is 0 Å². The van der Waals surface area contributed by atoms with Crippen molar-refractivity contribution in [3.8, 4) is 17.1 Å². The molecule has 0 fully saturated rings. The fourth-order valence-electron chi connectivity index (χ4n) is 1.39. The van der Waals surface area contributed by atoms with Crippen LogP contribution in [0.25, 0.3) is 11.3 Å². The number of nitrogen functional groups attached to an aromatic ring is 1. The average molecular weight is 316 g/mol. The maximum absolute atomic E-state index is 5.36. The van der Waals surface area contributed by atoms with Gasteiger partial charge in [0.1, 0.15) is 6.33 Å². The van der Waals surface area contributed by atoms with Crippen LogP contribution >= 0.6 is 11.5 Å². The fourth-order valence-corrected chi connectivity index (χ4v) is 1.92. The highest BCUT2D eigenvalue weighted by molar-refractivity contribution is 7.03. The molecule has 2 aromatic heterocycles. The summed E-state index contributed by atoms with van der Waals surface area (Å²) in [7, 11) is 1.58. The minimum atomic E-state index is 0.566. The maximum Gasteiger partial charge on any atom is 0.216 e. The van der Waals surface area contributed by atoms with Gasteiger partial charge in [-0.25, -0.2) is 14.3 Å². The molecule has 0 amide bonds. The van der Waals surface area contributed by atoms with E-state index in [4.69, 9.17) is 10.5 Å². The Morgan fingerprint density at radius 3 is 2.32 bits per heavy atom. The number of anilines is 1. The molecule has 0 saturated carbocycles. The van der Waals surface area contributed by atoms with Gasteiger partial charge in [0.25, 0.3) is 0 Å². The summed E-state index contributed by atoms with van der Waals surface area (Å²) < 4.78 is 8.98. The zero-order chi connectivity index (χ0) is 16.2. The number of methoxy groups -OCH3 is 1. The van der Waals surface area contributed by atoms with Gasteiger partial charge in [0, 0.05) is 22.7 Å². The quantitative estimate of drug-likeness (QED) is 0.726. The molecule has 0 aliphatic heterocycles. The molecule has 6 heteroatoms. The number of benzene rings is 1. The predicted molar refractivity (Wildman–Crippen MR) is 91.9 cm³/mol. The van der Waals surface area contributed by atoms with E-state index >= 15 is 0 Å². The molecule has 22 heavy (non-hydrogen) atoms. The zero-order valence-corrected chi connectivity index (χ0v) is 13.7. The maximum atomic E-state index is 5.36. The highest BCUT2D eigenvalue weighted by Crippen LogP contribution is 2.19. The SMILES string of the molecule is CC.COc1cc(-c2cnsc2)ncn1.Nc1ccccc1. The summed E-state index contributed by atoms with van der Waals surface area (Å²) in [5.41, 5.74) is 8.00. The molecule has 0 saturated heterocycles. The topological polar surface area (TPSA) is 73.9 Å². The second-order valence-corrected chi connectivity index (χ2v) is 4.43. The number of aromatic nitrogens is 3. The molecule has 0 radical (unpaired) electrons. The Balaban J connectivity index is 0.000000228. The van der Waals surface area contributed by atoms with E-state index < -0.39 is 0 Å². The Labute approximate surface area is 135 Å². The lowest BCUT2D eigenvalue weighted by molar-refractivity contribution is 0.397. The molecule has 5 nitrogen and oxygen atoms in total. The second-order valence-electron chi connectivity index (χ2n) is 3.77. The summed E-state index contributed by atoms with van der Waals surface area (Å²) in [6.07, 6.45) is 3.25. The van der Waals surface area contributed by atoms with Crippen LogP contribution in [0.4, 0.5) is 5.69 Å². The molecule has 2 N–H and O–H groups in total. The molecule has 0 unspecified atom stereocenters. The summed E-state index contributed by atoms with van der Waals surface area (Å²) in [6, 6.07) is 11.3. The van der Waals surface area contributed by atoms with Gasteiger partial charge in [-0.2, -0.15) is 0 Å². The first kappa shape index (κ1) is 17.6. The minimum Gasteiger partial charge on any atom is -0.481 e. The van der Waals surface area contributed by atoms with Crippen LogP contribution in [0.1, 0.15) is 13.8 Å². The van der Waals surface area contributed by atoms with Gasteiger partial charge >= 0.3 is 0 Å². The van der Waals surface area contributed by atoms with E-state index in [1.807, 2.05) is 49.6 Å². The third-order valence-electron chi connectivity index (χ3n) is 2.38. The first-order valence-corrected chi connectivity index (χ1v) is 7.69. The zero-order valence-electron chi connectivity index (χ0n) is 12.9. The molecule has 0 bridgehead atoms. The third kappa shape index (κ3) is 5.88. The number of hydrogen-bond donors (Lipinski definition) is 1. The van der Waals surface area contributed by atoms with E-state index in [9.17, 15) is 0 Å². The van der Waals surface area contributed by atoms with Crippen LogP contribution in [0.2, 0.25) is 0 Å². The van der Waals surface area contributed by atoms with E-state index in [0.717, 1.165) is 16.9 Å². The van der Waals surface area contributed by atoms with Crippen LogP contribution in [0.3, 0.4) is 0 Å². The molecular weight excluding hydrogens is 296 g/mol. The molecule has 3 rings (SSSR count). The summed E-state index contributed by atoms with van der Waals surface area (Å²) in [5.74, 6) is 0.566. The van der Waals surface area contributed by atoms with Gasteiger partial charge in [0.05, 0.1) is 19.0 Å². The first-order chi connectivity index (χ1) is 10.8. The molecule has 116 valence electrons. The molecule has 0 aliphatic carbocycles. The highest BCUT2D eigenvalue weighted by Gasteiger charge is 2.02. The van der Waals surface area contributed by atoms with Crippen LogP contribution < -0.4 is 10.5 Å². The highest BCUT2D eigenvalue weighted by atomic mass is 32.1. The van der Waals surface area contributed by atoms with Gasteiger partial charge in [-0.1, -0.05) is 32.0 Å². The molecule has 0 atom stereocenters. The Morgan fingerprint density at radius 2 is 1.82 bits per heavy atom. The Kier molecular flexibility index (Phi) is 8.22. The Hall–Kier alpha value is -2.47. The van der Waals surface area contributed by atoms with Crippen molar-refractivity contribution >= 4 is 17.2 Å².